The molecule has 0 aliphatic heterocycles. The van der Waals surface area contributed by atoms with Gasteiger partial charge in [-0.2, -0.15) is 0 Å². The number of benzene rings is 1. The molecule has 1 amide bonds. The first-order valence-corrected chi connectivity index (χ1v) is 6.19. The maximum Gasteiger partial charge on any atom is 0.247 e. The molecule has 3 N–H and O–H groups in total. The molecule has 0 fully saturated rings. The van der Waals surface area contributed by atoms with E-state index in [1.54, 1.807) is 19.9 Å². The van der Waals surface area contributed by atoms with Crippen molar-refractivity contribution in [2.24, 2.45) is 0 Å². The van der Waals surface area contributed by atoms with Gasteiger partial charge >= 0.3 is 0 Å². The highest BCUT2D eigenvalue weighted by Gasteiger charge is 2.24. The van der Waals surface area contributed by atoms with Gasteiger partial charge in [0.1, 0.15) is 0 Å². The number of aliphatic hydroxyl groups excluding tert-OH is 2. The lowest BCUT2D eigenvalue weighted by Crippen LogP contribution is -2.52. The Balaban J connectivity index is 2.79. The second-order valence-electron chi connectivity index (χ2n) is 5.07. The Morgan fingerprint density at radius 1 is 1.26 bits per heavy atom. The predicted octanol–water partition coefficient (Wildman–Crippen LogP) is 1.26. The van der Waals surface area contributed by atoms with Crippen LogP contribution < -0.4 is 5.32 Å². The van der Waals surface area contributed by atoms with Crippen molar-refractivity contribution in [3.05, 3.63) is 41.0 Å². The minimum Gasteiger partial charge on any atom is -0.394 e. The van der Waals surface area contributed by atoms with Crippen molar-refractivity contribution in [2.45, 2.75) is 26.3 Å². The van der Waals surface area contributed by atoms with E-state index in [1.807, 2.05) is 31.2 Å². The van der Waals surface area contributed by atoms with E-state index in [1.165, 1.54) is 0 Å². The van der Waals surface area contributed by atoms with Gasteiger partial charge in [0.05, 0.1) is 18.8 Å². The fourth-order valence-electron chi connectivity index (χ4n) is 1.48. The van der Waals surface area contributed by atoms with E-state index in [2.05, 4.69) is 5.32 Å². The van der Waals surface area contributed by atoms with Gasteiger partial charge in [0.15, 0.2) is 0 Å². The van der Waals surface area contributed by atoms with Crippen molar-refractivity contribution in [1.29, 1.82) is 0 Å². The fourth-order valence-corrected chi connectivity index (χ4v) is 1.48. The monoisotopic (exact) mass is 263 g/mol. The van der Waals surface area contributed by atoms with Crippen LogP contribution in [0.2, 0.25) is 0 Å². The molecule has 0 aliphatic rings. The molecule has 0 radical (unpaired) electrons. The molecule has 0 heterocycles. The lowest BCUT2D eigenvalue weighted by Gasteiger charge is -2.26. The molecule has 104 valence electrons. The van der Waals surface area contributed by atoms with Crippen molar-refractivity contribution in [3.63, 3.8) is 0 Å². The van der Waals surface area contributed by atoms with Gasteiger partial charge < -0.3 is 15.5 Å². The second-order valence-corrected chi connectivity index (χ2v) is 5.07. The Kier molecular flexibility index (Phi) is 5.27. The summed E-state index contributed by atoms with van der Waals surface area (Å²) in [6.07, 6.45) is 1.77. The Morgan fingerprint density at radius 2 is 1.79 bits per heavy atom. The van der Waals surface area contributed by atoms with E-state index in [0.717, 1.165) is 11.1 Å². The van der Waals surface area contributed by atoms with E-state index in [0.29, 0.717) is 5.57 Å². The Bertz CT molecular complexity index is 459. The van der Waals surface area contributed by atoms with E-state index < -0.39 is 5.54 Å². The summed E-state index contributed by atoms with van der Waals surface area (Å²) in [4.78, 5) is 11.9. The molecule has 0 unspecified atom stereocenters. The van der Waals surface area contributed by atoms with Crippen molar-refractivity contribution in [1.82, 2.24) is 5.32 Å². The summed E-state index contributed by atoms with van der Waals surface area (Å²) in [6, 6.07) is 7.82. The van der Waals surface area contributed by atoms with Crippen LogP contribution in [0.25, 0.3) is 6.08 Å². The second kappa shape index (κ2) is 6.50. The van der Waals surface area contributed by atoms with Crippen LogP contribution in [0.5, 0.6) is 0 Å². The highest BCUT2D eigenvalue weighted by molar-refractivity contribution is 5.97. The van der Waals surface area contributed by atoms with Crippen molar-refractivity contribution in [3.8, 4) is 0 Å². The summed E-state index contributed by atoms with van der Waals surface area (Å²) in [5.41, 5.74) is 1.62. The number of hydrogen-bond acceptors (Lipinski definition) is 3. The molecule has 1 aromatic carbocycles. The van der Waals surface area contributed by atoms with Gasteiger partial charge in [-0.25, -0.2) is 0 Å². The maximum absolute atomic E-state index is 11.9. The predicted molar refractivity (Wildman–Crippen MR) is 75.5 cm³/mol. The minimum absolute atomic E-state index is 0.300. The normalized spacial score (nSPS) is 12.4. The number of nitrogens with one attached hydrogen (secondary N) is 1. The van der Waals surface area contributed by atoms with Crippen LogP contribution in [0.4, 0.5) is 0 Å². The third kappa shape index (κ3) is 4.50. The highest BCUT2D eigenvalue weighted by atomic mass is 16.3. The Morgan fingerprint density at radius 3 is 2.26 bits per heavy atom. The molecule has 0 spiro atoms. The molecule has 4 heteroatoms. The van der Waals surface area contributed by atoms with Gasteiger partial charge in [0, 0.05) is 5.57 Å². The lowest BCUT2D eigenvalue weighted by atomic mass is 10.0. The zero-order valence-corrected chi connectivity index (χ0v) is 11.6. The maximum atomic E-state index is 11.9. The zero-order valence-electron chi connectivity index (χ0n) is 11.6. The third-order valence-electron chi connectivity index (χ3n) is 2.93. The van der Waals surface area contributed by atoms with Crippen molar-refractivity contribution >= 4 is 12.0 Å². The Labute approximate surface area is 113 Å². The van der Waals surface area contributed by atoms with Gasteiger partial charge in [-0.15, -0.1) is 0 Å². The average Bonchev–Trinajstić information content (AvgIpc) is 2.41. The zero-order chi connectivity index (χ0) is 14.5. The number of carbonyl (C=O) groups excluding carboxylic acids is 1. The molecule has 0 saturated carbocycles. The molecular weight excluding hydrogens is 242 g/mol. The van der Waals surface area contributed by atoms with Gasteiger partial charge in [-0.3, -0.25) is 4.79 Å². The minimum atomic E-state index is -1.00. The molecular formula is C15H21NO3. The van der Waals surface area contributed by atoms with Crippen molar-refractivity contribution in [2.75, 3.05) is 13.2 Å². The molecule has 0 saturated heterocycles. The Hall–Kier alpha value is -1.65. The van der Waals surface area contributed by atoms with Crippen LogP contribution >= 0.6 is 0 Å². The lowest BCUT2D eigenvalue weighted by molar-refractivity contribution is -0.120. The SMILES string of the molecule is CC(=Cc1ccc(C)cc1)C(=O)NC(C)(CO)CO. The van der Waals surface area contributed by atoms with Crippen LogP contribution in [0.15, 0.2) is 29.8 Å². The molecule has 19 heavy (non-hydrogen) atoms. The summed E-state index contributed by atoms with van der Waals surface area (Å²) < 4.78 is 0. The van der Waals surface area contributed by atoms with Gasteiger partial charge in [-0.05, 0) is 32.4 Å². The van der Waals surface area contributed by atoms with E-state index >= 15 is 0 Å². The first kappa shape index (κ1) is 15.4. The molecule has 0 aliphatic carbocycles. The van der Waals surface area contributed by atoms with E-state index in [9.17, 15) is 4.79 Å². The largest absolute Gasteiger partial charge is 0.394 e. The van der Waals surface area contributed by atoms with Crippen molar-refractivity contribution < 1.29 is 15.0 Å². The number of aryl methyl sites for hydroxylation is 1. The van der Waals surface area contributed by atoms with E-state index in [-0.39, 0.29) is 19.1 Å². The van der Waals surface area contributed by atoms with Crippen LogP contribution in [0.3, 0.4) is 0 Å². The van der Waals surface area contributed by atoms with Gasteiger partial charge in [0.25, 0.3) is 0 Å². The number of aliphatic hydroxyl groups is 2. The first-order chi connectivity index (χ1) is 8.90. The number of carbonyl (C=O) groups is 1. The van der Waals surface area contributed by atoms with Crippen LogP contribution in [-0.2, 0) is 4.79 Å². The average molecular weight is 263 g/mol. The van der Waals surface area contributed by atoms with Gasteiger partial charge in [-0.1, -0.05) is 29.8 Å². The van der Waals surface area contributed by atoms with Crippen LogP contribution in [0.1, 0.15) is 25.0 Å². The van der Waals surface area contributed by atoms with Crippen LogP contribution in [-0.4, -0.2) is 34.9 Å². The first-order valence-electron chi connectivity index (χ1n) is 6.19. The third-order valence-corrected chi connectivity index (χ3v) is 2.93. The number of hydrogen-bond donors (Lipinski definition) is 3. The van der Waals surface area contributed by atoms with E-state index in [4.69, 9.17) is 10.2 Å². The molecule has 1 rings (SSSR count). The smallest absolute Gasteiger partial charge is 0.247 e. The summed E-state index contributed by atoms with van der Waals surface area (Å²) in [5, 5.41) is 20.9. The molecule has 0 bridgehead atoms. The molecule has 1 aromatic rings. The quantitative estimate of drug-likeness (QED) is 0.700. The number of amides is 1. The molecule has 0 aromatic heterocycles. The summed E-state index contributed by atoms with van der Waals surface area (Å²) in [5.74, 6) is -0.300. The summed E-state index contributed by atoms with van der Waals surface area (Å²) in [6.45, 7) is 4.66. The highest BCUT2D eigenvalue weighted by Crippen LogP contribution is 2.10. The topological polar surface area (TPSA) is 69.6 Å². The fraction of sp³-hybridized carbons (Fsp3) is 0.400. The molecule has 4 nitrogen and oxygen atoms in total. The standard InChI is InChI=1S/C15H21NO3/c1-11-4-6-13(7-5-11)8-12(2)14(19)16-15(3,9-17)10-18/h4-8,17-18H,9-10H2,1-3H3,(H,16,19). The van der Waals surface area contributed by atoms with Crippen LogP contribution in [0, 0.1) is 6.92 Å². The number of rotatable bonds is 5. The van der Waals surface area contributed by atoms with Gasteiger partial charge in [0.2, 0.25) is 5.91 Å². The summed E-state index contributed by atoms with van der Waals surface area (Å²) >= 11 is 0. The summed E-state index contributed by atoms with van der Waals surface area (Å²) in [7, 11) is 0. The molecule has 0 atom stereocenters.